The van der Waals surface area contributed by atoms with E-state index in [2.05, 4.69) is 32.1 Å². The second-order valence-electron chi connectivity index (χ2n) is 8.61. The molecule has 0 bridgehead atoms. The summed E-state index contributed by atoms with van der Waals surface area (Å²) in [6.45, 7) is 4.32. The van der Waals surface area contributed by atoms with Gasteiger partial charge in [-0.2, -0.15) is 5.10 Å². The van der Waals surface area contributed by atoms with Gasteiger partial charge in [-0.1, -0.05) is 30.3 Å². The lowest BCUT2D eigenvalue weighted by Crippen LogP contribution is -2.47. The van der Waals surface area contributed by atoms with Crippen LogP contribution in [0.2, 0.25) is 0 Å². The first-order chi connectivity index (χ1) is 15.6. The molecule has 0 atom stereocenters. The second kappa shape index (κ2) is 7.34. The number of hydrogen-bond donors (Lipinski definition) is 0. The normalized spacial score (nSPS) is 17.6. The fourth-order valence-electron chi connectivity index (χ4n) is 4.95. The van der Waals surface area contributed by atoms with Crippen molar-refractivity contribution in [1.82, 2.24) is 29.7 Å². The van der Waals surface area contributed by atoms with E-state index >= 15 is 0 Å². The molecule has 2 aliphatic heterocycles. The van der Waals surface area contributed by atoms with Crippen LogP contribution in [0.1, 0.15) is 29.9 Å². The van der Waals surface area contributed by atoms with E-state index in [1.807, 2.05) is 49.2 Å². The van der Waals surface area contributed by atoms with E-state index < -0.39 is 0 Å². The van der Waals surface area contributed by atoms with Gasteiger partial charge in [-0.15, -0.1) is 0 Å². The van der Waals surface area contributed by atoms with E-state index in [-0.39, 0.29) is 5.60 Å². The molecule has 162 valence electrons. The molecule has 6 rings (SSSR count). The molecule has 1 fully saturated rings. The Labute approximate surface area is 186 Å². The zero-order valence-corrected chi connectivity index (χ0v) is 18.3. The first-order valence-electron chi connectivity index (χ1n) is 11.1. The highest BCUT2D eigenvalue weighted by Gasteiger charge is 2.43. The van der Waals surface area contributed by atoms with Crippen molar-refractivity contribution in [3.8, 4) is 11.4 Å². The quantitative estimate of drug-likeness (QED) is 0.486. The smallest absolute Gasteiger partial charge is 0.163 e. The second-order valence-corrected chi connectivity index (χ2v) is 8.61. The number of aromatic nitrogens is 6. The maximum absolute atomic E-state index is 6.46. The topological polar surface area (TPSA) is 81.9 Å². The van der Waals surface area contributed by atoms with Crippen LogP contribution in [0.15, 0.2) is 42.7 Å². The van der Waals surface area contributed by atoms with Crippen molar-refractivity contribution in [3.63, 3.8) is 0 Å². The molecule has 32 heavy (non-hydrogen) atoms. The Morgan fingerprint density at radius 1 is 1.00 bits per heavy atom. The Morgan fingerprint density at radius 3 is 2.62 bits per heavy atom. The fourth-order valence-corrected chi connectivity index (χ4v) is 4.95. The Morgan fingerprint density at radius 2 is 1.81 bits per heavy atom. The highest BCUT2D eigenvalue weighted by atomic mass is 16.5. The van der Waals surface area contributed by atoms with Gasteiger partial charge in [0.15, 0.2) is 11.5 Å². The van der Waals surface area contributed by atoms with Gasteiger partial charge in [-0.05, 0) is 31.7 Å². The van der Waals surface area contributed by atoms with E-state index in [9.17, 15) is 0 Å². The minimum absolute atomic E-state index is 0.368. The van der Waals surface area contributed by atoms with Crippen LogP contribution in [0.4, 0.5) is 5.82 Å². The van der Waals surface area contributed by atoms with Gasteiger partial charge >= 0.3 is 0 Å². The summed E-state index contributed by atoms with van der Waals surface area (Å²) in [5, 5.41) is 5.38. The lowest BCUT2D eigenvalue weighted by molar-refractivity contribution is -0.0801. The predicted molar refractivity (Wildman–Crippen MR) is 121 cm³/mol. The maximum Gasteiger partial charge on any atom is 0.163 e. The molecule has 0 radical (unpaired) electrons. The molecule has 0 N–H and O–H groups in total. The van der Waals surface area contributed by atoms with Gasteiger partial charge in [-0.25, -0.2) is 19.9 Å². The number of anilines is 1. The van der Waals surface area contributed by atoms with E-state index in [1.54, 1.807) is 0 Å². The van der Waals surface area contributed by atoms with E-state index in [0.29, 0.717) is 6.61 Å². The molecule has 1 saturated heterocycles. The largest absolute Gasteiger partial charge is 0.368 e. The van der Waals surface area contributed by atoms with Gasteiger partial charge in [0.1, 0.15) is 17.2 Å². The molecular formula is C24H25N7O. The van der Waals surface area contributed by atoms with Crippen LogP contribution < -0.4 is 4.90 Å². The van der Waals surface area contributed by atoms with Gasteiger partial charge in [0.2, 0.25) is 0 Å². The number of rotatable bonds is 2. The highest BCUT2D eigenvalue weighted by Crippen LogP contribution is 2.42. The number of nitrogens with zero attached hydrogens (tertiary/aromatic N) is 7. The summed E-state index contributed by atoms with van der Waals surface area (Å²) >= 11 is 0. The Kier molecular flexibility index (Phi) is 4.43. The van der Waals surface area contributed by atoms with Crippen molar-refractivity contribution in [2.45, 2.75) is 31.8 Å². The summed E-state index contributed by atoms with van der Waals surface area (Å²) in [4.78, 5) is 21.3. The minimum Gasteiger partial charge on any atom is -0.368 e. The van der Waals surface area contributed by atoms with Crippen molar-refractivity contribution >= 4 is 16.9 Å². The third-order valence-corrected chi connectivity index (χ3v) is 6.63. The summed E-state index contributed by atoms with van der Waals surface area (Å²) in [7, 11) is 1.92. The zero-order chi connectivity index (χ0) is 21.7. The Bertz CT molecular complexity index is 1290. The Balaban J connectivity index is 1.33. The maximum atomic E-state index is 6.46. The van der Waals surface area contributed by atoms with Crippen LogP contribution in [-0.2, 0) is 23.8 Å². The van der Waals surface area contributed by atoms with Crippen LogP contribution in [0, 0.1) is 6.92 Å². The molecular weight excluding hydrogens is 402 g/mol. The lowest BCUT2D eigenvalue weighted by atomic mass is 9.83. The number of benzene rings is 1. The molecule has 0 saturated carbocycles. The van der Waals surface area contributed by atoms with Crippen LogP contribution in [0.3, 0.4) is 0 Å². The number of piperidine rings is 1. The fraction of sp³-hybridized carbons (Fsp3) is 0.375. The van der Waals surface area contributed by atoms with Gasteiger partial charge in [0.05, 0.1) is 23.9 Å². The average Bonchev–Trinajstić information content (AvgIpc) is 3.20. The highest BCUT2D eigenvalue weighted by molar-refractivity contribution is 5.87. The molecule has 3 aromatic heterocycles. The van der Waals surface area contributed by atoms with Crippen molar-refractivity contribution in [3.05, 3.63) is 59.8 Å². The van der Waals surface area contributed by atoms with E-state index in [1.165, 1.54) is 5.56 Å². The molecule has 1 aromatic carbocycles. The molecule has 0 amide bonds. The molecule has 1 spiro atoms. The zero-order valence-electron chi connectivity index (χ0n) is 18.3. The standard InChI is InChI=1S/C24H25N7O/c1-16-27-22-19(15-26-30(22)2)23(28-16)31-11-9-24(10-12-31)20-18(8-13-32-24)14-25-21(29-20)17-6-4-3-5-7-17/h3-7,14-15H,8-13H2,1-2H3. The monoisotopic (exact) mass is 427 g/mol. The van der Waals surface area contributed by atoms with Crippen molar-refractivity contribution in [1.29, 1.82) is 0 Å². The number of fused-ring (bicyclic) bond motifs is 3. The number of ether oxygens (including phenoxy) is 1. The third-order valence-electron chi connectivity index (χ3n) is 6.63. The summed E-state index contributed by atoms with van der Waals surface area (Å²) < 4.78 is 8.26. The summed E-state index contributed by atoms with van der Waals surface area (Å²) in [5.41, 5.74) is 3.79. The third kappa shape index (κ3) is 3.05. The van der Waals surface area contributed by atoms with Gasteiger partial charge in [-0.3, -0.25) is 4.68 Å². The van der Waals surface area contributed by atoms with Crippen LogP contribution in [-0.4, -0.2) is 49.4 Å². The van der Waals surface area contributed by atoms with Gasteiger partial charge < -0.3 is 9.64 Å². The van der Waals surface area contributed by atoms with Gasteiger partial charge in [0.25, 0.3) is 0 Å². The number of aryl methyl sites for hydroxylation is 2. The first-order valence-corrected chi connectivity index (χ1v) is 11.1. The molecule has 8 heteroatoms. The molecule has 2 aliphatic rings. The van der Waals surface area contributed by atoms with Gasteiger partial charge in [0, 0.05) is 31.9 Å². The molecule has 8 nitrogen and oxygen atoms in total. The molecule has 4 aromatic rings. The van der Waals surface area contributed by atoms with Crippen LogP contribution in [0.25, 0.3) is 22.4 Å². The number of hydrogen-bond acceptors (Lipinski definition) is 7. The van der Waals surface area contributed by atoms with Crippen LogP contribution >= 0.6 is 0 Å². The van der Waals surface area contributed by atoms with E-state index in [0.717, 1.165) is 72.1 Å². The van der Waals surface area contributed by atoms with E-state index in [4.69, 9.17) is 14.7 Å². The summed E-state index contributed by atoms with van der Waals surface area (Å²) in [6, 6.07) is 10.2. The van der Waals surface area contributed by atoms with Crippen LogP contribution in [0.5, 0.6) is 0 Å². The molecule has 0 aliphatic carbocycles. The summed E-state index contributed by atoms with van der Waals surface area (Å²) in [6.07, 6.45) is 6.43. The SMILES string of the molecule is Cc1nc(N2CCC3(CC2)OCCc2cnc(-c4ccccc4)nc23)c2cnn(C)c2n1. The lowest BCUT2D eigenvalue weighted by Gasteiger charge is -2.44. The Hall–Kier alpha value is -3.39. The predicted octanol–water partition coefficient (Wildman–Crippen LogP) is 3.20. The van der Waals surface area contributed by atoms with Crippen molar-refractivity contribution < 1.29 is 4.74 Å². The summed E-state index contributed by atoms with van der Waals surface area (Å²) in [5.74, 6) is 2.48. The molecule has 0 unspecified atom stereocenters. The molecule has 5 heterocycles. The van der Waals surface area contributed by atoms with Crippen molar-refractivity contribution in [2.24, 2.45) is 7.05 Å². The first kappa shape index (κ1) is 19.3. The van der Waals surface area contributed by atoms with Crippen molar-refractivity contribution in [2.75, 3.05) is 24.6 Å². The average molecular weight is 428 g/mol. The minimum atomic E-state index is -0.368.